The fourth-order valence-corrected chi connectivity index (χ4v) is 2.64. The van der Waals surface area contributed by atoms with Crippen molar-refractivity contribution in [2.75, 3.05) is 18.9 Å². The highest BCUT2D eigenvalue weighted by Gasteiger charge is 2.29. The second kappa shape index (κ2) is 15.7. The largest absolute Gasteiger partial charge is 0.481 e. The number of carbonyl (C=O) groups is 5. The van der Waals surface area contributed by atoms with E-state index in [4.69, 9.17) is 32.5 Å². The molecule has 4 atom stereocenters. The van der Waals surface area contributed by atoms with E-state index in [-0.39, 0.29) is 43.9 Å². The molecule has 15 nitrogen and oxygen atoms in total. The average Bonchev–Trinajstić information content (AvgIpc) is 2.74. The second-order valence-electron chi connectivity index (χ2n) is 6.87. The molecule has 0 aromatic heterocycles. The van der Waals surface area contributed by atoms with E-state index >= 15 is 0 Å². The number of carbonyl (C=O) groups excluding carboxylic acids is 3. The number of aliphatic imine (C=N–C) groups is 1. The van der Waals surface area contributed by atoms with Crippen LogP contribution in [-0.4, -0.2) is 94.0 Å². The maximum absolute atomic E-state index is 12.7. The number of amides is 3. The fraction of sp³-hybridized carbons (Fsp3) is 0.647. The second-order valence-corrected chi connectivity index (χ2v) is 7.24. The lowest BCUT2D eigenvalue weighted by atomic mass is 10.1. The first-order chi connectivity index (χ1) is 15.4. The summed E-state index contributed by atoms with van der Waals surface area (Å²) in [5, 5.41) is 33.5. The molecule has 0 aromatic carbocycles. The van der Waals surface area contributed by atoms with E-state index in [1.165, 1.54) is 0 Å². The highest BCUT2D eigenvalue weighted by molar-refractivity contribution is 7.80. The zero-order chi connectivity index (χ0) is 25.6. The zero-order valence-electron chi connectivity index (χ0n) is 17.8. The van der Waals surface area contributed by atoms with Gasteiger partial charge in [0.05, 0.1) is 12.6 Å². The minimum atomic E-state index is -1.58. The van der Waals surface area contributed by atoms with Gasteiger partial charge in [0.1, 0.15) is 18.1 Å². The van der Waals surface area contributed by atoms with Gasteiger partial charge in [0, 0.05) is 18.7 Å². The molecule has 0 aromatic rings. The lowest BCUT2D eigenvalue weighted by Crippen LogP contribution is -2.58. The first-order valence-corrected chi connectivity index (χ1v) is 10.4. The third-order valence-electron chi connectivity index (χ3n) is 4.20. The molecular weight excluding hydrogens is 462 g/mol. The number of carboxylic acids is 2. The van der Waals surface area contributed by atoms with Gasteiger partial charge < -0.3 is 48.5 Å². The Kier molecular flexibility index (Phi) is 14.2. The van der Waals surface area contributed by atoms with Gasteiger partial charge >= 0.3 is 11.9 Å². The van der Waals surface area contributed by atoms with Crippen molar-refractivity contribution in [1.29, 1.82) is 0 Å². The minimum Gasteiger partial charge on any atom is -0.481 e. The number of aliphatic hydroxyl groups excluding tert-OH is 1. The number of guanidine groups is 1. The van der Waals surface area contributed by atoms with Crippen molar-refractivity contribution in [2.45, 2.75) is 49.9 Å². The molecule has 0 rings (SSSR count). The van der Waals surface area contributed by atoms with Crippen LogP contribution in [0.5, 0.6) is 0 Å². The Bertz CT molecular complexity index is 732. The number of nitrogens with two attached hydrogens (primary N) is 3. The van der Waals surface area contributed by atoms with Crippen molar-refractivity contribution in [2.24, 2.45) is 22.2 Å². The van der Waals surface area contributed by atoms with Gasteiger partial charge in [-0.1, -0.05) is 0 Å². The highest BCUT2D eigenvalue weighted by Crippen LogP contribution is 2.03. The zero-order valence-corrected chi connectivity index (χ0v) is 18.7. The van der Waals surface area contributed by atoms with E-state index in [1.807, 2.05) is 0 Å². The number of hydrogen-bond donors (Lipinski definition) is 10. The van der Waals surface area contributed by atoms with Crippen LogP contribution in [0.2, 0.25) is 0 Å². The summed E-state index contributed by atoms with van der Waals surface area (Å²) in [6, 6.07) is -5.25. The van der Waals surface area contributed by atoms with Gasteiger partial charge in [-0.15, -0.1) is 0 Å². The SMILES string of the molecule is NC(N)=NCCCC(NC(=O)C(N)CCC(=O)O)C(=O)NC(CS)C(=O)NC(CO)C(=O)O. The van der Waals surface area contributed by atoms with E-state index in [1.54, 1.807) is 0 Å². The lowest BCUT2D eigenvalue weighted by Gasteiger charge is -2.24. The van der Waals surface area contributed by atoms with E-state index < -0.39 is 60.4 Å². The van der Waals surface area contributed by atoms with Crippen molar-refractivity contribution in [1.82, 2.24) is 16.0 Å². The van der Waals surface area contributed by atoms with E-state index in [0.29, 0.717) is 0 Å². The summed E-state index contributed by atoms with van der Waals surface area (Å²) in [4.78, 5) is 62.7. The molecule has 0 bridgehead atoms. The van der Waals surface area contributed by atoms with Crippen LogP contribution in [0.3, 0.4) is 0 Å². The molecule has 0 aliphatic heterocycles. The monoisotopic (exact) mass is 493 g/mol. The van der Waals surface area contributed by atoms with Crippen LogP contribution < -0.4 is 33.2 Å². The number of carboxylic acid groups (broad SMARTS) is 2. The van der Waals surface area contributed by atoms with Crippen LogP contribution in [0.1, 0.15) is 25.7 Å². The predicted molar refractivity (Wildman–Crippen MR) is 119 cm³/mol. The summed E-state index contributed by atoms with van der Waals surface area (Å²) in [5.74, 6) is -5.50. The molecule has 0 aliphatic rings. The molecule has 0 aliphatic carbocycles. The highest BCUT2D eigenvalue weighted by atomic mass is 32.1. The van der Waals surface area contributed by atoms with Crippen molar-refractivity contribution < 1.29 is 39.3 Å². The Hall–Kier alpha value is -3.11. The van der Waals surface area contributed by atoms with Gasteiger partial charge in [0.15, 0.2) is 5.96 Å². The molecule has 4 unspecified atom stereocenters. The Morgan fingerprint density at radius 2 is 1.42 bits per heavy atom. The van der Waals surface area contributed by atoms with Crippen molar-refractivity contribution in [3.05, 3.63) is 0 Å². The summed E-state index contributed by atoms with van der Waals surface area (Å²) >= 11 is 3.97. The normalized spacial score (nSPS) is 14.2. The molecule has 0 saturated heterocycles. The molecule has 33 heavy (non-hydrogen) atoms. The third-order valence-corrected chi connectivity index (χ3v) is 4.56. The van der Waals surface area contributed by atoms with Crippen LogP contribution in [0.4, 0.5) is 0 Å². The molecular formula is C17H31N7O8S. The average molecular weight is 494 g/mol. The van der Waals surface area contributed by atoms with Gasteiger partial charge in [-0.2, -0.15) is 12.6 Å². The Balaban J connectivity index is 5.28. The number of aliphatic hydroxyl groups is 1. The standard InChI is InChI=1S/C17H31N7O8S/c18-8(3-4-12(26)27)13(28)22-9(2-1-5-21-17(19)20)14(29)24-11(7-33)15(30)23-10(6-25)16(31)32/h8-11,25,33H,1-7,18H2,(H,22,28)(H,23,30)(H,24,29)(H,26,27)(H,31,32)(H4,19,20,21). The maximum Gasteiger partial charge on any atom is 0.328 e. The summed E-state index contributed by atoms with van der Waals surface area (Å²) in [5.41, 5.74) is 16.1. The predicted octanol–water partition coefficient (Wildman–Crippen LogP) is -4.31. The quantitative estimate of drug-likeness (QED) is 0.0425. The molecule has 0 heterocycles. The fourth-order valence-electron chi connectivity index (χ4n) is 2.39. The number of nitrogens with one attached hydrogen (secondary N) is 3. The van der Waals surface area contributed by atoms with Gasteiger partial charge in [-0.25, -0.2) is 4.79 Å². The van der Waals surface area contributed by atoms with Crippen LogP contribution in [0.25, 0.3) is 0 Å². The molecule has 0 saturated carbocycles. The number of hydrogen-bond acceptors (Lipinski definition) is 9. The number of aliphatic carboxylic acids is 2. The van der Waals surface area contributed by atoms with Crippen molar-refractivity contribution >= 4 is 48.2 Å². The van der Waals surface area contributed by atoms with E-state index in [2.05, 4.69) is 33.6 Å². The molecule has 16 heteroatoms. The summed E-state index contributed by atoms with van der Waals surface area (Å²) < 4.78 is 0. The minimum absolute atomic E-state index is 0.0370. The topological polar surface area (TPSA) is 273 Å². The Morgan fingerprint density at radius 3 is 1.91 bits per heavy atom. The van der Waals surface area contributed by atoms with Crippen molar-refractivity contribution in [3.63, 3.8) is 0 Å². The van der Waals surface area contributed by atoms with Crippen LogP contribution >= 0.6 is 12.6 Å². The molecule has 0 spiro atoms. The first kappa shape index (κ1) is 29.9. The van der Waals surface area contributed by atoms with Crippen molar-refractivity contribution in [3.8, 4) is 0 Å². The van der Waals surface area contributed by atoms with Gasteiger partial charge in [-0.3, -0.25) is 24.2 Å². The van der Waals surface area contributed by atoms with Gasteiger partial charge in [0.2, 0.25) is 17.7 Å². The molecule has 12 N–H and O–H groups in total. The van der Waals surface area contributed by atoms with E-state index in [0.717, 1.165) is 0 Å². The van der Waals surface area contributed by atoms with Crippen LogP contribution in [0, 0.1) is 0 Å². The first-order valence-electron chi connectivity index (χ1n) is 9.81. The lowest BCUT2D eigenvalue weighted by molar-refractivity contribution is -0.143. The van der Waals surface area contributed by atoms with Gasteiger partial charge in [0.25, 0.3) is 0 Å². The molecule has 0 fully saturated rings. The number of rotatable bonds is 16. The molecule has 0 radical (unpaired) electrons. The summed E-state index contributed by atoms with van der Waals surface area (Å²) in [6.45, 7) is -0.730. The molecule has 188 valence electrons. The third kappa shape index (κ3) is 12.5. The maximum atomic E-state index is 12.7. The molecule has 3 amide bonds. The number of nitrogens with zero attached hydrogens (tertiary/aromatic N) is 1. The van der Waals surface area contributed by atoms with E-state index in [9.17, 15) is 24.0 Å². The van der Waals surface area contributed by atoms with Crippen LogP contribution in [-0.2, 0) is 24.0 Å². The number of thiol groups is 1. The Morgan fingerprint density at radius 1 is 0.879 bits per heavy atom. The Labute approximate surface area is 194 Å². The van der Waals surface area contributed by atoms with Gasteiger partial charge in [-0.05, 0) is 19.3 Å². The summed E-state index contributed by atoms with van der Waals surface area (Å²) in [6.07, 6.45) is -0.227. The smallest absolute Gasteiger partial charge is 0.328 e. The summed E-state index contributed by atoms with van der Waals surface area (Å²) in [7, 11) is 0. The van der Waals surface area contributed by atoms with Crippen LogP contribution in [0.15, 0.2) is 4.99 Å².